The fourth-order valence-corrected chi connectivity index (χ4v) is 3.94. The van der Waals surface area contributed by atoms with Gasteiger partial charge in [-0.25, -0.2) is 8.78 Å². The molecule has 4 aromatic rings. The average Bonchev–Trinajstić information content (AvgIpc) is 3.17. The molecule has 0 spiro atoms. The van der Waals surface area contributed by atoms with Crippen molar-refractivity contribution in [3.05, 3.63) is 89.5 Å². The maximum atomic E-state index is 14.1. The lowest BCUT2D eigenvalue weighted by Crippen LogP contribution is -2.00. The van der Waals surface area contributed by atoms with Crippen molar-refractivity contribution in [3.8, 4) is 22.8 Å². The van der Waals surface area contributed by atoms with Gasteiger partial charge in [-0.05, 0) is 55.0 Å². The molecule has 3 aromatic carbocycles. The normalized spacial score (nSPS) is 10.9. The van der Waals surface area contributed by atoms with E-state index in [1.807, 2.05) is 60.0 Å². The van der Waals surface area contributed by atoms with Crippen molar-refractivity contribution in [2.45, 2.75) is 17.8 Å². The van der Waals surface area contributed by atoms with Crippen LogP contribution < -0.4 is 4.74 Å². The lowest BCUT2D eigenvalue weighted by molar-refractivity contribution is 0.415. The SMILES string of the molecule is COc1ccc(-c2nnc(SCc3ccc(F)cc3F)n2-c2ccc(C)cc2)cc1. The van der Waals surface area contributed by atoms with Gasteiger partial charge in [0.15, 0.2) is 11.0 Å². The highest BCUT2D eigenvalue weighted by Gasteiger charge is 2.17. The summed E-state index contributed by atoms with van der Waals surface area (Å²) in [5.41, 5.74) is 3.33. The molecule has 0 fully saturated rings. The van der Waals surface area contributed by atoms with Crippen molar-refractivity contribution in [1.82, 2.24) is 14.8 Å². The molecule has 0 unspecified atom stereocenters. The van der Waals surface area contributed by atoms with Crippen LogP contribution in [0.2, 0.25) is 0 Å². The molecule has 30 heavy (non-hydrogen) atoms. The summed E-state index contributed by atoms with van der Waals surface area (Å²) in [6, 6.07) is 19.2. The zero-order valence-electron chi connectivity index (χ0n) is 16.5. The number of thioether (sulfide) groups is 1. The van der Waals surface area contributed by atoms with Gasteiger partial charge in [0.2, 0.25) is 0 Å². The summed E-state index contributed by atoms with van der Waals surface area (Å²) >= 11 is 1.34. The second kappa shape index (κ2) is 8.67. The van der Waals surface area contributed by atoms with Crippen LogP contribution in [0, 0.1) is 18.6 Å². The molecule has 4 nitrogen and oxygen atoms in total. The van der Waals surface area contributed by atoms with E-state index in [4.69, 9.17) is 4.74 Å². The van der Waals surface area contributed by atoms with E-state index in [-0.39, 0.29) is 0 Å². The van der Waals surface area contributed by atoms with Crippen LogP contribution in [0.5, 0.6) is 5.75 Å². The van der Waals surface area contributed by atoms with Crippen molar-refractivity contribution >= 4 is 11.8 Å². The molecule has 0 amide bonds. The topological polar surface area (TPSA) is 39.9 Å². The summed E-state index contributed by atoms with van der Waals surface area (Å²) in [6.45, 7) is 2.02. The fourth-order valence-electron chi connectivity index (χ4n) is 3.00. The Labute approximate surface area is 177 Å². The molecule has 1 aromatic heterocycles. The lowest BCUT2D eigenvalue weighted by atomic mass is 10.2. The Bertz CT molecular complexity index is 1160. The largest absolute Gasteiger partial charge is 0.497 e. The summed E-state index contributed by atoms with van der Waals surface area (Å²) in [5.74, 6) is 0.564. The third-order valence-corrected chi connectivity index (χ3v) is 5.62. The molecule has 0 aliphatic rings. The molecule has 0 aliphatic carbocycles. The Morgan fingerprint density at radius 3 is 2.33 bits per heavy atom. The Morgan fingerprint density at radius 1 is 0.933 bits per heavy atom. The van der Waals surface area contributed by atoms with Crippen molar-refractivity contribution in [3.63, 3.8) is 0 Å². The summed E-state index contributed by atoms with van der Waals surface area (Å²) < 4.78 is 34.4. The van der Waals surface area contributed by atoms with Gasteiger partial charge in [0, 0.05) is 23.1 Å². The highest BCUT2D eigenvalue weighted by Crippen LogP contribution is 2.31. The summed E-state index contributed by atoms with van der Waals surface area (Å²) in [7, 11) is 1.62. The highest BCUT2D eigenvalue weighted by molar-refractivity contribution is 7.98. The van der Waals surface area contributed by atoms with Gasteiger partial charge in [0.05, 0.1) is 7.11 Å². The first-order valence-corrected chi connectivity index (χ1v) is 10.3. The van der Waals surface area contributed by atoms with Crippen LogP contribution in [0.4, 0.5) is 8.78 Å². The van der Waals surface area contributed by atoms with Gasteiger partial charge in [-0.2, -0.15) is 0 Å². The molecular formula is C23H19F2N3OS. The number of ether oxygens (including phenoxy) is 1. The zero-order chi connectivity index (χ0) is 21.1. The third kappa shape index (κ3) is 4.21. The number of rotatable bonds is 6. The maximum absolute atomic E-state index is 14.1. The fraction of sp³-hybridized carbons (Fsp3) is 0.130. The Hall–Kier alpha value is -3.19. The summed E-state index contributed by atoms with van der Waals surface area (Å²) in [5, 5.41) is 9.35. The van der Waals surface area contributed by atoms with E-state index in [0.29, 0.717) is 22.3 Å². The molecule has 0 saturated heterocycles. The standard InChI is InChI=1S/C23H19F2N3OS/c1-15-3-9-19(10-4-15)28-22(16-6-11-20(29-2)12-7-16)26-27-23(28)30-14-17-5-8-18(24)13-21(17)25/h3-13H,14H2,1-2H3. The van der Waals surface area contributed by atoms with Crippen molar-refractivity contribution in [2.75, 3.05) is 7.11 Å². The number of aromatic nitrogens is 3. The van der Waals surface area contributed by atoms with E-state index in [1.165, 1.54) is 23.9 Å². The molecule has 152 valence electrons. The van der Waals surface area contributed by atoms with Gasteiger partial charge >= 0.3 is 0 Å². The lowest BCUT2D eigenvalue weighted by Gasteiger charge is -2.11. The van der Waals surface area contributed by atoms with Crippen LogP contribution >= 0.6 is 11.8 Å². The molecule has 0 N–H and O–H groups in total. The van der Waals surface area contributed by atoms with Crippen LogP contribution in [0.25, 0.3) is 17.1 Å². The van der Waals surface area contributed by atoms with E-state index < -0.39 is 11.6 Å². The molecule has 1 heterocycles. The Balaban J connectivity index is 1.72. The van der Waals surface area contributed by atoms with Crippen molar-refractivity contribution in [1.29, 1.82) is 0 Å². The van der Waals surface area contributed by atoms with Gasteiger partial charge in [-0.1, -0.05) is 35.5 Å². The van der Waals surface area contributed by atoms with Gasteiger partial charge in [-0.15, -0.1) is 10.2 Å². The van der Waals surface area contributed by atoms with Crippen LogP contribution in [0.3, 0.4) is 0 Å². The second-order valence-corrected chi connectivity index (χ2v) is 7.67. The quantitative estimate of drug-likeness (QED) is 0.366. The minimum absolute atomic E-state index is 0.304. The molecule has 0 aliphatic heterocycles. The zero-order valence-corrected chi connectivity index (χ0v) is 17.3. The first-order chi connectivity index (χ1) is 14.5. The number of benzene rings is 3. The number of halogens is 2. The third-order valence-electron chi connectivity index (χ3n) is 4.65. The van der Waals surface area contributed by atoms with E-state index >= 15 is 0 Å². The van der Waals surface area contributed by atoms with Crippen molar-refractivity contribution < 1.29 is 13.5 Å². The molecule has 4 rings (SSSR count). The Morgan fingerprint density at radius 2 is 1.67 bits per heavy atom. The molecule has 7 heteroatoms. The van der Waals surface area contributed by atoms with Crippen LogP contribution in [-0.2, 0) is 5.75 Å². The first-order valence-electron chi connectivity index (χ1n) is 9.29. The second-order valence-electron chi connectivity index (χ2n) is 6.73. The maximum Gasteiger partial charge on any atom is 0.196 e. The van der Waals surface area contributed by atoms with Crippen LogP contribution in [0.15, 0.2) is 71.9 Å². The van der Waals surface area contributed by atoms with Crippen molar-refractivity contribution in [2.24, 2.45) is 0 Å². The molecule has 0 bridgehead atoms. The molecule has 0 saturated carbocycles. The highest BCUT2D eigenvalue weighted by atomic mass is 32.2. The van der Waals surface area contributed by atoms with E-state index in [0.717, 1.165) is 28.6 Å². The van der Waals surface area contributed by atoms with Gasteiger partial charge in [0.25, 0.3) is 0 Å². The van der Waals surface area contributed by atoms with Crippen LogP contribution in [-0.4, -0.2) is 21.9 Å². The van der Waals surface area contributed by atoms with E-state index in [9.17, 15) is 8.78 Å². The van der Waals surface area contributed by atoms with E-state index in [2.05, 4.69) is 10.2 Å². The van der Waals surface area contributed by atoms with Gasteiger partial charge < -0.3 is 4.74 Å². The minimum atomic E-state index is -0.592. The predicted molar refractivity (Wildman–Crippen MR) is 114 cm³/mol. The number of methoxy groups -OCH3 is 1. The molecule has 0 atom stereocenters. The van der Waals surface area contributed by atoms with Crippen LogP contribution in [0.1, 0.15) is 11.1 Å². The first kappa shape index (κ1) is 20.1. The number of nitrogens with zero attached hydrogens (tertiary/aromatic N) is 3. The average molecular weight is 423 g/mol. The summed E-state index contributed by atoms with van der Waals surface area (Å²) in [4.78, 5) is 0. The molecular weight excluding hydrogens is 404 g/mol. The smallest absolute Gasteiger partial charge is 0.196 e. The number of hydrogen-bond donors (Lipinski definition) is 0. The van der Waals surface area contributed by atoms with E-state index in [1.54, 1.807) is 7.11 Å². The van der Waals surface area contributed by atoms with Gasteiger partial charge in [-0.3, -0.25) is 4.57 Å². The number of aryl methyl sites for hydroxylation is 1. The number of hydrogen-bond acceptors (Lipinski definition) is 4. The van der Waals surface area contributed by atoms with Gasteiger partial charge in [0.1, 0.15) is 17.4 Å². The predicted octanol–water partition coefficient (Wildman–Crippen LogP) is 5.82. The molecule has 0 radical (unpaired) electrons. The summed E-state index contributed by atoms with van der Waals surface area (Å²) in [6.07, 6.45) is 0. The monoisotopic (exact) mass is 423 g/mol. The minimum Gasteiger partial charge on any atom is -0.497 e. The Kier molecular flexibility index (Phi) is 5.81.